The minimum atomic E-state index is -0.769. The predicted molar refractivity (Wildman–Crippen MR) is 148 cm³/mol. The molecule has 0 spiro atoms. The van der Waals surface area contributed by atoms with Crippen LogP contribution in [0.15, 0.2) is 97.2 Å². The fourth-order valence-electron chi connectivity index (χ4n) is 4.23. The number of aryl methyl sites for hydroxylation is 1. The minimum Gasteiger partial charge on any atom is -0.368 e. The van der Waals surface area contributed by atoms with Crippen molar-refractivity contribution in [2.45, 2.75) is 25.4 Å². The number of hydrogen-bond donors (Lipinski definition) is 4. The van der Waals surface area contributed by atoms with Gasteiger partial charge in [-0.15, -0.1) is 0 Å². The normalized spacial score (nSPS) is 11.7. The molecule has 2 heterocycles. The zero-order valence-electron chi connectivity index (χ0n) is 20.7. The largest absolute Gasteiger partial charge is 0.368 e. The standard InChI is InChI=1S/C30H28N6O2/c31-28(37)25(13-11-20-7-3-1-4-8-20)36-30(38)23-12-14-24-26(17-23)35-29(34-24)22-15-16-32-27(18-22)33-19-21-9-5-2-6-10-21/h1-10,12,14-18,25H,11,13,19H2,(H2,31,37)(H,32,33)(H,34,35)(H,36,38). The quantitative estimate of drug-likeness (QED) is 0.224. The fourth-order valence-corrected chi connectivity index (χ4v) is 4.23. The number of nitrogens with two attached hydrogens (primary N) is 1. The smallest absolute Gasteiger partial charge is 0.252 e. The Balaban J connectivity index is 1.28. The highest BCUT2D eigenvalue weighted by Crippen LogP contribution is 2.23. The van der Waals surface area contributed by atoms with Gasteiger partial charge in [-0.2, -0.15) is 0 Å². The van der Waals surface area contributed by atoms with Crippen LogP contribution in [-0.2, 0) is 17.8 Å². The van der Waals surface area contributed by atoms with E-state index in [-0.39, 0.29) is 5.91 Å². The molecule has 1 unspecified atom stereocenters. The van der Waals surface area contributed by atoms with E-state index < -0.39 is 11.9 Å². The van der Waals surface area contributed by atoms with Crippen LogP contribution in [-0.4, -0.2) is 32.8 Å². The number of aromatic nitrogens is 3. The number of rotatable bonds is 10. The van der Waals surface area contributed by atoms with Crippen LogP contribution in [0.5, 0.6) is 0 Å². The molecule has 2 aromatic heterocycles. The van der Waals surface area contributed by atoms with Crippen LogP contribution < -0.4 is 16.4 Å². The van der Waals surface area contributed by atoms with Gasteiger partial charge in [0.05, 0.1) is 11.0 Å². The van der Waals surface area contributed by atoms with Gasteiger partial charge in [-0.1, -0.05) is 60.7 Å². The lowest BCUT2D eigenvalue weighted by molar-refractivity contribution is -0.120. The number of carbonyl (C=O) groups excluding carboxylic acids is 2. The van der Waals surface area contributed by atoms with Crippen molar-refractivity contribution in [1.29, 1.82) is 0 Å². The van der Waals surface area contributed by atoms with Gasteiger partial charge in [0.25, 0.3) is 5.91 Å². The molecule has 0 saturated carbocycles. The van der Waals surface area contributed by atoms with Gasteiger partial charge in [-0.25, -0.2) is 9.97 Å². The first-order valence-corrected chi connectivity index (χ1v) is 12.4. The fraction of sp³-hybridized carbons (Fsp3) is 0.133. The summed E-state index contributed by atoms with van der Waals surface area (Å²) in [7, 11) is 0. The third-order valence-electron chi connectivity index (χ3n) is 6.31. The summed E-state index contributed by atoms with van der Waals surface area (Å²) >= 11 is 0. The van der Waals surface area contributed by atoms with Crippen molar-refractivity contribution in [2.75, 3.05) is 5.32 Å². The summed E-state index contributed by atoms with van der Waals surface area (Å²) < 4.78 is 0. The zero-order chi connectivity index (χ0) is 26.3. The van der Waals surface area contributed by atoms with Gasteiger partial charge in [0.15, 0.2) is 0 Å². The highest BCUT2D eigenvalue weighted by atomic mass is 16.2. The minimum absolute atomic E-state index is 0.365. The maximum atomic E-state index is 13.0. The number of pyridine rings is 1. The molecule has 0 bridgehead atoms. The summed E-state index contributed by atoms with van der Waals surface area (Å²) in [5.41, 5.74) is 10.5. The Hall–Kier alpha value is -4.98. The van der Waals surface area contributed by atoms with Crippen molar-refractivity contribution in [2.24, 2.45) is 5.73 Å². The molecule has 0 saturated heterocycles. The van der Waals surface area contributed by atoms with E-state index in [0.29, 0.717) is 36.3 Å². The number of benzene rings is 3. The number of H-pyrrole nitrogens is 1. The van der Waals surface area contributed by atoms with E-state index in [1.807, 2.05) is 60.7 Å². The Morgan fingerprint density at radius 1 is 0.895 bits per heavy atom. The number of hydrogen-bond acceptors (Lipinski definition) is 5. The van der Waals surface area contributed by atoms with Gasteiger partial charge in [-0.05, 0) is 54.3 Å². The molecule has 0 radical (unpaired) electrons. The molecule has 8 nitrogen and oxygen atoms in total. The Labute approximate surface area is 220 Å². The van der Waals surface area contributed by atoms with E-state index in [2.05, 4.69) is 37.7 Å². The maximum absolute atomic E-state index is 13.0. The summed E-state index contributed by atoms with van der Waals surface area (Å²) in [6.45, 7) is 0.660. The Morgan fingerprint density at radius 2 is 1.63 bits per heavy atom. The molecule has 0 fully saturated rings. The van der Waals surface area contributed by atoms with E-state index in [1.54, 1.807) is 24.4 Å². The van der Waals surface area contributed by atoms with Crippen LogP contribution in [0.1, 0.15) is 27.9 Å². The predicted octanol–water partition coefficient (Wildman–Crippen LogP) is 4.45. The first-order chi connectivity index (χ1) is 18.5. The molecule has 5 aromatic rings. The molecular weight excluding hydrogens is 476 g/mol. The molecule has 8 heteroatoms. The molecule has 2 amide bonds. The first kappa shape index (κ1) is 24.7. The number of aromatic amines is 1. The average Bonchev–Trinajstić information content (AvgIpc) is 3.39. The Kier molecular flexibility index (Phi) is 7.40. The molecule has 5 rings (SSSR count). The highest BCUT2D eigenvalue weighted by Gasteiger charge is 2.19. The second-order valence-corrected chi connectivity index (χ2v) is 9.04. The lowest BCUT2D eigenvalue weighted by Crippen LogP contribution is -2.44. The van der Waals surface area contributed by atoms with Gasteiger partial charge in [0.2, 0.25) is 5.91 Å². The van der Waals surface area contributed by atoms with Crippen molar-refractivity contribution in [3.05, 3.63) is 114 Å². The summed E-state index contributed by atoms with van der Waals surface area (Å²) in [6.07, 6.45) is 2.78. The van der Waals surface area contributed by atoms with Gasteiger partial charge in [-0.3, -0.25) is 9.59 Å². The maximum Gasteiger partial charge on any atom is 0.252 e. The summed E-state index contributed by atoms with van der Waals surface area (Å²) in [5.74, 6) is 0.477. The molecule has 0 aliphatic heterocycles. The number of amides is 2. The van der Waals surface area contributed by atoms with Crippen LogP contribution in [0.3, 0.4) is 0 Å². The van der Waals surface area contributed by atoms with E-state index in [0.717, 1.165) is 28.0 Å². The lowest BCUT2D eigenvalue weighted by Gasteiger charge is -2.15. The van der Waals surface area contributed by atoms with Crippen LogP contribution in [0.25, 0.3) is 22.4 Å². The summed E-state index contributed by atoms with van der Waals surface area (Å²) in [6, 6.07) is 28.1. The van der Waals surface area contributed by atoms with Crippen LogP contribution >= 0.6 is 0 Å². The second-order valence-electron chi connectivity index (χ2n) is 9.04. The van der Waals surface area contributed by atoms with Crippen molar-refractivity contribution >= 4 is 28.7 Å². The molecular formula is C30H28N6O2. The van der Waals surface area contributed by atoms with E-state index >= 15 is 0 Å². The number of carbonyl (C=O) groups is 2. The number of imidazole rings is 1. The average molecular weight is 505 g/mol. The van der Waals surface area contributed by atoms with Crippen LogP contribution in [0.4, 0.5) is 5.82 Å². The van der Waals surface area contributed by atoms with Gasteiger partial charge < -0.3 is 21.4 Å². The van der Waals surface area contributed by atoms with Gasteiger partial charge in [0.1, 0.15) is 17.7 Å². The monoisotopic (exact) mass is 504 g/mol. The zero-order valence-corrected chi connectivity index (χ0v) is 20.7. The lowest BCUT2D eigenvalue weighted by atomic mass is 10.0. The first-order valence-electron chi connectivity index (χ1n) is 12.4. The third kappa shape index (κ3) is 6.04. The van der Waals surface area contributed by atoms with E-state index in [1.165, 1.54) is 0 Å². The summed E-state index contributed by atoms with van der Waals surface area (Å²) in [4.78, 5) is 37.3. The number of nitrogens with one attached hydrogen (secondary N) is 3. The number of primary amides is 1. The summed E-state index contributed by atoms with van der Waals surface area (Å²) in [5, 5.41) is 6.11. The van der Waals surface area contributed by atoms with Crippen molar-refractivity contribution < 1.29 is 9.59 Å². The molecule has 190 valence electrons. The molecule has 1 atom stereocenters. The van der Waals surface area contributed by atoms with Crippen LogP contribution in [0.2, 0.25) is 0 Å². The van der Waals surface area contributed by atoms with E-state index in [9.17, 15) is 9.59 Å². The third-order valence-corrected chi connectivity index (χ3v) is 6.31. The SMILES string of the molecule is NC(=O)C(CCc1ccccc1)NC(=O)c1ccc2nc(-c3ccnc(NCc4ccccc4)c3)[nH]c2c1. The number of anilines is 1. The van der Waals surface area contributed by atoms with Crippen molar-refractivity contribution in [1.82, 2.24) is 20.3 Å². The van der Waals surface area contributed by atoms with Gasteiger partial charge >= 0.3 is 0 Å². The molecule has 38 heavy (non-hydrogen) atoms. The number of nitrogens with zero attached hydrogens (tertiary/aromatic N) is 2. The van der Waals surface area contributed by atoms with Gasteiger partial charge in [0, 0.05) is 23.9 Å². The van der Waals surface area contributed by atoms with Crippen LogP contribution in [0, 0.1) is 0 Å². The second kappa shape index (κ2) is 11.4. The van der Waals surface area contributed by atoms with E-state index in [4.69, 9.17) is 5.73 Å². The Bertz CT molecular complexity index is 1550. The molecule has 3 aromatic carbocycles. The van der Waals surface area contributed by atoms with Crippen molar-refractivity contribution in [3.63, 3.8) is 0 Å². The molecule has 5 N–H and O–H groups in total. The van der Waals surface area contributed by atoms with Crippen molar-refractivity contribution in [3.8, 4) is 11.4 Å². The Morgan fingerprint density at radius 3 is 2.37 bits per heavy atom. The number of fused-ring (bicyclic) bond motifs is 1. The molecule has 0 aliphatic carbocycles. The molecule has 0 aliphatic rings. The topological polar surface area (TPSA) is 126 Å². The highest BCUT2D eigenvalue weighted by molar-refractivity contribution is 6.00.